The van der Waals surface area contributed by atoms with Crippen molar-refractivity contribution >= 4 is 5.69 Å². The van der Waals surface area contributed by atoms with Crippen LogP contribution in [0, 0.1) is 0 Å². The molecule has 0 aromatic heterocycles. The molecule has 13 heavy (non-hydrogen) atoms. The molecule has 0 saturated heterocycles. The first-order chi connectivity index (χ1) is 6.13. The number of nitrogen functional groups attached to an aromatic ring is 1. The van der Waals surface area contributed by atoms with Gasteiger partial charge in [0, 0.05) is 18.7 Å². The number of hydrogen-bond acceptors (Lipinski definition) is 3. The van der Waals surface area contributed by atoms with E-state index in [1.807, 2.05) is 0 Å². The van der Waals surface area contributed by atoms with E-state index in [0.717, 1.165) is 0 Å². The van der Waals surface area contributed by atoms with Crippen LogP contribution in [-0.2, 0) is 0 Å². The fourth-order valence-corrected chi connectivity index (χ4v) is 0.956. The standard InChI is InChI=1S/C9H12FNO2/c1-6(10)13-8-4-3-7(11)5-9(8)12-2/h3-6H,11H2,1-2H3. The second-order valence-corrected chi connectivity index (χ2v) is 2.57. The molecule has 0 aliphatic carbocycles. The van der Waals surface area contributed by atoms with E-state index in [2.05, 4.69) is 0 Å². The molecular weight excluding hydrogens is 173 g/mol. The van der Waals surface area contributed by atoms with Gasteiger partial charge >= 0.3 is 0 Å². The second kappa shape index (κ2) is 3.98. The maximum absolute atomic E-state index is 12.5. The van der Waals surface area contributed by atoms with Gasteiger partial charge in [0.25, 0.3) is 0 Å². The van der Waals surface area contributed by atoms with Crippen molar-refractivity contribution in [2.45, 2.75) is 13.3 Å². The first-order valence-corrected chi connectivity index (χ1v) is 3.87. The van der Waals surface area contributed by atoms with E-state index in [1.165, 1.54) is 14.0 Å². The molecule has 1 rings (SSSR count). The van der Waals surface area contributed by atoms with E-state index in [1.54, 1.807) is 18.2 Å². The Morgan fingerprint density at radius 3 is 2.62 bits per heavy atom. The second-order valence-electron chi connectivity index (χ2n) is 2.57. The summed E-state index contributed by atoms with van der Waals surface area (Å²) in [6, 6.07) is 4.78. The molecule has 0 aliphatic rings. The number of nitrogens with two attached hydrogens (primary N) is 1. The summed E-state index contributed by atoms with van der Waals surface area (Å²) in [5, 5.41) is 0. The summed E-state index contributed by atoms with van der Waals surface area (Å²) in [5.41, 5.74) is 6.06. The first-order valence-electron chi connectivity index (χ1n) is 3.87. The minimum atomic E-state index is -1.36. The van der Waals surface area contributed by atoms with Crippen LogP contribution in [-0.4, -0.2) is 13.5 Å². The van der Waals surface area contributed by atoms with Crippen molar-refractivity contribution in [1.29, 1.82) is 0 Å². The van der Waals surface area contributed by atoms with Crippen LogP contribution < -0.4 is 15.2 Å². The molecule has 1 unspecified atom stereocenters. The van der Waals surface area contributed by atoms with Gasteiger partial charge in [-0.2, -0.15) is 0 Å². The van der Waals surface area contributed by atoms with E-state index < -0.39 is 6.36 Å². The molecule has 0 spiro atoms. The zero-order valence-corrected chi connectivity index (χ0v) is 7.58. The summed E-state index contributed by atoms with van der Waals surface area (Å²) >= 11 is 0. The largest absolute Gasteiger partial charge is 0.493 e. The number of hydrogen-bond donors (Lipinski definition) is 1. The molecule has 1 atom stereocenters. The Morgan fingerprint density at radius 2 is 2.08 bits per heavy atom. The molecule has 0 bridgehead atoms. The van der Waals surface area contributed by atoms with E-state index in [0.29, 0.717) is 17.2 Å². The molecule has 0 fully saturated rings. The molecular formula is C9H12FNO2. The molecule has 1 aromatic rings. The lowest BCUT2D eigenvalue weighted by molar-refractivity contribution is 0.0826. The van der Waals surface area contributed by atoms with E-state index in [9.17, 15) is 4.39 Å². The normalized spacial score (nSPS) is 12.2. The third kappa shape index (κ3) is 2.50. The maximum atomic E-state index is 12.5. The molecule has 1 aromatic carbocycles. The van der Waals surface area contributed by atoms with Crippen molar-refractivity contribution in [2.75, 3.05) is 12.8 Å². The summed E-state index contributed by atoms with van der Waals surface area (Å²) in [7, 11) is 1.48. The van der Waals surface area contributed by atoms with Crippen LogP contribution in [0.1, 0.15) is 6.92 Å². The highest BCUT2D eigenvalue weighted by Gasteiger charge is 2.07. The lowest BCUT2D eigenvalue weighted by Gasteiger charge is -2.11. The number of alkyl halides is 1. The van der Waals surface area contributed by atoms with E-state index >= 15 is 0 Å². The van der Waals surface area contributed by atoms with Crippen LogP contribution in [0.3, 0.4) is 0 Å². The number of benzene rings is 1. The molecule has 0 saturated carbocycles. The van der Waals surface area contributed by atoms with Crippen molar-refractivity contribution in [2.24, 2.45) is 0 Å². The topological polar surface area (TPSA) is 44.5 Å². The quantitative estimate of drug-likeness (QED) is 0.732. The van der Waals surface area contributed by atoms with Gasteiger partial charge in [0.1, 0.15) is 0 Å². The van der Waals surface area contributed by atoms with E-state index in [-0.39, 0.29) is 0 Å². The van der Waals surface area contributed by atoms with Crippen LogP contribution in [0.4, 0.5) is 10.1 Å². The molecule has 0 radical (unpaired) electrons. The zero-order valence-electron chi connectivity index (χ0n) is 7.58. The van der Waals surface area contributed by atoms with Crippen molar-refractivity contribution in [3.63, 3.8) is 0 Å². The van der Waals surface area contributed by atoms with Gasteiger partial charge in [0.05, 0.1) is 7.11 Å². The number of ether oxygens (including phenoxy) is 2. The van der Waals surface area contributed by atoms with Crippen molar-refractivity contribution in [3.05, 3.63) is 18.2 Å². The van der Waals surface area contributed by atoms with Crippen LogP contribution in [0.15, 0.2) is 18.2 Å². The highest BCUT2D eigenvalue weighted by molar-refractivity contribution is 5.51. The van der Waals surface area contributed by atoms with Crippen LogP contribution in [0.2, 0.25) is 0 Å². The van der Waals surface area contributed by atoms with Gasteiger partial charge in [-0.25, -0.2) is 4.39 Å². The Labute approximate surface area is 76.3 Å². The number of methoxy groups -OCH3 is 1. The van der Waals surface area contributed by atoms with Gasteiger partial charge in [0.2, 0.25) is 6.36 Å². The first kappa shape index (κ1) is 9.64. The van der Waals surface area contributed by atoms with Crippen molar-refractivity contribution in [3.8, 4) is 11.5 Å². The molecule has 72 valence electrons. The minimum absolute atomic E-state index is 0.353. The SMILES string of the molecule is COc1cc(N)ccc1OC(C)F. The van der Waals surface area contributed by atoms with Crippen LogP contribution in [0.5, 0.6) is 11.5 Å². The molecule has 0 amide bonds. The smallest absolute Gasteiger partial charge is 0.236 e. The van der Waals surface area contributed by atoms with Gasteiger partial charge < -0.3 is 15.2 Å². The monoisotopic (exact) mass is 185 g/mol. The zero-order chi connectivity index (χ0) is 9.84. The summed E-state index contributed by atoms with van der Waals surface area (Å²) in [5.74, 6) is 0.788. The maximum Gasteiger partial charge on any atom is 0.236 e. The lowest BCUT2D eigenvalue weighted by atomic mass is 10.3. The van der Waals surface area contributed by atoms with Crippen molar-refractivity contribution in [1.82, 2.24) is 0 Å². The third-order valence-corrected chi connectivity index (χ3v) is 1.48. The molecule has 4 heteroatoms. The van der Waals surface area contributed by atoms with Gasteiger partial charge in [-0.3, -0.25) is 0 Å². The third-order valence-electron chi connectivity index (χ3n) is 1.48. The fraction of sp³-hybridized carbons (Fsp3) is 0.333. The van der Waals surface area contributed by atoms with Gasteiger partial charge in [-0.1, -0.05) is 0 Å². The van der Waals surface area contributed by atoms with Crippen LogP contribution >= 0.6 is 0 Å². The lowest BCUT2D eigenvalue weighted by Crippen LogP contribution is -2.05. The average Bonchev–Trinajstić information content (AvgIpc) is 2.07. The van der Waals surface area contributed by atoms with Gasteiger partial charge in [0.15, 0.2) is 11.5 Å². The predicted molar refractivity (Wildman–Crippen MR) is 48.6 cm³/mol. The number of halogens is 1. The van der Waals surface area contributed by atoms with Gasteiger partial charge in [-0.05, 0) is 12.1 Å². The fourth-order valence-electron chi connectivity index (χ4n) is 0.956. The molecule has 2 N–H and O–H groups in total. The Kier molecular flexibility index (Phi) is 2.95. The van der Waals surface area contributed by atoms with Crippen LogP contribution in [0.25, 0.3) is 0 Å². The Balaban J connectivity index is 2.92. The summed E-state index contributed by atoms with van der Waals surface area (Å²) in [6.07, 6.45) is -1.36. The Bertz CT molecular complexity index is 289. The summed E-state index contributed by atoms with van der Waals surface area (Å²) in [4.78, 5) is 0. The number of rotatable bonds is 3. The predicted octanol–water partition coefficient (Wildman–Crippen LogP) is 1.97. The Hall–Kier alpha value is -1.45. The molecule has 3 nitrogen and oxygen atoms in total. The molecule has 0 heterocycles. The summed E-state index contributed by atoms with van der Waals surface area (Å²) in [6.45, 7) is 1.30. The highest BCUT2D eigenvalue weighted by Crippen LogP contribution is 2.29. The number of anilines is 1. The van der Waals surface area contributed by atoms with E-state index in [4.69, 9.17) is 15.2 Å². The van der Waals surface area contributed by atoms with Crippen molar-refractivity contribution < 1.29 is 13.9 Å². The molecule has 0 aliphatic heterocycles. The average molecular weight is 185 g/mol. The minimum Gasteiger partial charge on any atom is -0.493 e. The van der Waals surface area contributed by atoms with Gasteiger partial charge in [-0.15, -0.1) is 0 Å². The summed E-state index contributed by atoms with van der Waals surface area (Å²) < 4.78 is 22.3. The highest BCUT2D eigenvalue weighted by atomic mass is 19.1. The Morgan fingerprint density at radius 1 is 1.38 bits per heavy atom.